The molecule has 1 aromatic rings. The summed E-state index contributed by atoms with van der Waals surface area (Å²) in [4.78, 5) is 22.6. The average Bonchev–Trinajstić information content (AvgIpc) is 2.41. The highest BCUT2D eigenvalue weighted by molar-refractivity contribution is 6.76. The molecular weight excluding hydrogens is 270 g/mol. The van der Waals surface area contributed by atoms with Gasteiger partial charge in [-0.1, -0.05) is 50.0 Å². The lowest BCUT2D eigenvalue weighted by Crippen LogP contribution is -2.43. The summed E-state index contributed by atoms with van der Waals surface area (Å²) in [5.41, 5.74) is 1.04. The molecule has 0 heterocycles. The van der Waals surface area contributed by atoms with Gasteiger partial charge in [-0.25, -0.2) is 0 Å². The Morgan fingerprint density at radius 3 is 2.50 bits per heavy atom. The third-order valence-electron chi connectivity index (χ3n) is 2.66. The van der Waals surface area contributed by atoms with Crippen LogP contribution in [-0.4, -0.2) is 39.1 Å². The summed E-state index contributed by atoms with van der Waals surface area (Å²) in [6, 6.07) is 9.24. The van der Waals surface area contributed by atoms with Crippen molar-refractivity contribution in [3.8, 4) is 0 Å². The molecule has 5 heteroatoms. The molecule has 0 bridgehead atoms. The van der Waals surface area contributed by atoms with E-state index in [0.29, 0.717) is 12.7 Å². The van der Waals surface area contributed by atoms with Gasteiger partial charge in [0.05, 0.1) is 20.8 Å². The van der Waals surface area contributed by atoms with Crippen LogP contribution in [0, 0.1) is 0 Å². The van der Waals surface area contributed by atoms with Gasteiger partial charge in [0.25, 0.3) is 0 Å². The van der Waals surface area contributed by atoms with Crippen LogP contribution >= 0.6 is 0 Å². The molecule has 1 unspecified atom stereocenters. The van der Waals surface area contributed by atoms with Crippen LogP contribution < -0.4 is 5.32 Å². The molecule has 0 fully saturated rings. The highest BCUT2D eigenvalue weighted by Gasteiger charge is 2.23. The topological polar surface area (TPSA) is 55.4 Å². The van der Waals surface area contributed by atoms with E-state index in [-0.39, 0.29) is 12.5 Å². The summed E-state index contributed by atoms with van der Waals surface area (Å²) < 4.78 is 5.38. The summed E-state index contributed by atoms with van der Waals surface area (Å²) in [7, 11) is -1.43. The molecule has 0 saturated heterocycles. The maximum Gasteiger partial charge on any atom is 0.323 e. The molecule has 20 heavy (non-hydrogen) atoms. The molecule has 0 aliphatic carbocycles. The maximum atomic E-state index is 12.1. The Bertz CT molecular complexity index is 428. The first-order valence-electron chi connectivity index (χ1n) is 6.80. The van der Waals surface area contributed by atoms with E-state index in [9.17, 15) is 9.59 Å². The van der Waals surface area contributed by atoms with Gasteiger partial charge < -0.3 is 9.53 Å². The average molecular weight is 293 g/mol. The molecule has 1 atom stereocenters. The van der Waals surface area contributed by atoms with Crippen LogP contribution in [0.25, 0.3) is 0 Å². The first kappa shape index (κ1) is 16.6. The maximum absolute atomic E-state index is 12.1. The molecule has 4 nitrogen and oxygen atoms in total. The van der Waals surface area contributed by atoms with Gasteiger partial charge in [0.2, 0.25) is 0 Å². The molecule has 0 radical (unpaired) electrons. The first-order valence-corrected chi connectivity index (χ1v) is 10.5. The van der Waals surface area contributed by atoms with Crippen molar-refractivity contribution in [2.75, 3.05) is 12.8 Å². The minimum absolute atomic E-state index is 0.152. The van der Waals surface area contributed by atoms with E-state index in [2.05, 4.69) is 25.0 Å². The second-order valence-corrected chi connectivity index (χ2v) is 11.4. The van der Waals surface area contributed by atoms with Crippen molar-refractivity contribution in [1.29, 1.82) is 0 Å². The number of ether oxygens (including phenoxy) is 1. The smallest absolute Gasteiger partial charge is 0.323 e. The van der Waals surface area contributed by atoms with E-state index < -0.39 is 14.1 Å². The zero-order valence-corrected chi connectivity index (χ0v) is 13.4. The molecule has 0 aliphatic heterocycles. The molecule has 0 spiro atoms. The summed E-state index contributed by atoms with van der Waals surface area (Å²) >= 11 is 0. The van der Waals surface area contributed by atoms with Crippen LogP contribution in [-0.2, 0) is 20.7 Å². The SMILES string of the molecule is C[Si](C)(C)COC(=O)C(Cc1ccccc1)NCC=O. The minimum atomic E-state index is -1.43. The van der Waals surface area contributed by atoms with Crippen LogP contribution in [0.5, 0.6) is 0 Å². The molecule has 0 aliphatic rings. The number of rotatable bonds is 8. The lowest BCUT2D eigenvalue weighted by molar-refractivity contribution is -0.144. The van der Waals surface area contributed by atoms with Gasteiger partial charge in [0.15, 0.2) is 0 Å². The van der Waals surface area contributed by atoms with E-state index in [1.807, 2.05) is 30.3 Å². The van der Waals surface area contributed by atoms with Crippen molar-refractivity contribution in [3.63, 3.8) is 0 Å². The van der Waals surface area contributed by atoms with Crippen LogP contribution in [0.2, 0.25) is 19.6 Å². The van der Waals surface area contributed by atoms with Crippen molar-refractivity contribution < 1.29 is 14.3 Å². The van der Waals surface area contributed by atoms with Gasteiger partial charge in [-0.05, 0) is 12.0 Å². The number of carbonyl (C=O) groups excluding carboxylic acids is 2. The Morgan fingerprint density at radius 2 is 1.95 bits per heavy atom. The number of hydrogen-bond donors (Lipinski definition) is 1. The summed E-state index contributed by atoms with van der Waals surface area (Å²) in [6.07, 6.45) is 1.78. The van der Waals surface area contributed by atoms with E-state index in [1.165, 1.54) is 0 Å². The third kappa shape index (κ3) is 6.63. The van der Waals surface area contributed by atoms with E-state index in [4.69, 9.17) is 4.74 Å². The van der Waals surface area contributed by atoms with Gasteiger partial charge in [-0.3, -0.25) is 10.1 Å². The standard InChI is InChI=1S/C15H23NO3Si/c1-20(2,3)12-19-15(18)14(16-9-10-17)11-13-7-5-4-6-8-13/h4-8,10,14,16H,9,11-12H2,1-3H3. The Hall–Kier alpha value is -1.46. The predicted molar refractivity (Wildman–Crippen MR) is 82.3 cm³/mol. The molecule has 110 valence electrons. The van der Waals surface area contributed by atoms with Crippen LogP contribution in [0.4, 0.5) is 0 Å². The molecular formula is C15H23NO3Si. The fraction of sp³-hybridized carbons (Fsp3) is 0.467. The lowest BCUT2D eigenvalue weighted by Gasteiger charge is -2.20. The number of carbonyl (C=O) groups is 2. The molecule has 0 saturated carbocycles. The number of aldehydes is 1. The normalized spacial score (nSPS) is 12.8. The van der Waals surface area contributed by atoms with Gasteiger partial charge in [0, 0.05) is 0 Å². The Balaban J connectivity index is 2.63. The van der Waals surface area contributed by atoms with Gasteiger partial charge in [-0.15, -0.1) is 0 Å². The molecule has 1 rings (SSSR count). The second-order valence-electron chi connectivity index (χ2n) is 5.99. The Morgan fingerprint density at radius 1 is 1.30 bits per heavy atom. The molecule has 1 N–H and O–H groups in total. The predicted octanol–water partition coefficient (Wildman–Crippen LogP) is 1.81. The Labute approximate surface area is 121 Å². The number of nitrogens with one attached hydrogen (secondary N) is 1. The molecule has 0 aromatic heterocycles. The van der Waals surface area contributed by atoms with Crippen molar-refractivity contribution in [3.05, 3.63) is 35.9 Å². The number of benzene rings is 1. The van der Waals surface area contributed by atoms with E-state index in [1.54, 1.807) is 0 Å². The molecule has 0 amide bonds. The van der Waals surface area contributed by atoms with E-state index >= 15 is 0 Å². The van der Waals surface area contributed by atoms with Crippen molar-refractivity contribution in [1.82, 2.24) is 5.32 Å². The first-order chi connectivity index (χ1) is 9.42. The minimum Gasteiger partial charge on any atom is -0.468 e. The fourth-order valence-electron chi connectivity index (χ4n) is 1.67. The van der Waals surface area contributed by atoms with Crippen LogP contribution in [0.15, 0.2) is 30.3 Å². The largest absolute Gasteiger partial charge is 0.468 e. The second kappa shape index (κ2) is 7.97. The van der Waals surface area contributed by atoms with Gasteiger partial charge in [-0.2, -0.15) is 0 Å². The van der Waals surface area contributed by atoms with Gasteiger partial charge >= 0.3 is 5.97 Å². The quantitative estimate of drug-likeness (QED) is 0.451. The lowest BCUT2D eigenvalue weighted by atomic mass is 10.1. The Kier molecular flexibility index (Phi) is 6.61. The highest BCUT2D eigenvalue weighted by atomic mass is 28.3. The monoisotopic (exact) mass is 293 g/mol. The summed E-state index contributed by atoms with van der Waals surface area (Å²) in [6.45, 7) is 6.58. The number of esters is 1. The zero-order valence-electron chi connectivity index (χ0n) is 12.4. The van der Waals surface area contributed by atoms with Crippen molar-refractivity contribution in [2.45, 2.75) is 32.1 Å². The summed E-state index contributed by atoms with van der Waals surface area (Å²) in [5, 5.41) is 2.93. The third-order valence-corrected chi connectivity index (χ3v) is 3.67. The highest BCUT2D eigenvalue weighted by Crippen LogP contribution is 2.07. The van der Waals surface area contributed by atoms with Crippen LogP contribution in [0.3, 0.4) is 0 Å². The number of hydrogen-bond acceptors (Lipinski definition) is 4. The fourth-order valence-corrected chi connectivity index (χ4v) is 2.24. The summed E-state index contributed by atoms with van der Waals surface area (Å²) in [5.74, 6) is -0.280. The van der Waals surface area contributed by atoms with E-state index in [0.717, 1.165) is 11.8 Å². The van der Waals surface area contributed by atoms with Crippen molar-refractivity contribution >= 4 is 20.3 Å². The van der Waals surface area contributed by atoms with Gasteiger partial charge in [0.1, 0.15) is 12.3 Å². The zero-order chi connectivity index (χ0) is 15.0. The van der Waals surface area contributed by atoms with Crippen molar-refractivity contribution in [2.24, 2.45) is 0 Å². The molecule has 1 aromatic carbocycles. The van der Waals surface area contributed by atoms with Crippen LogP contribution in [0.1, 0.15) is 5.56 Å².